The van der Waals surface area contributed by atoms with Crippen molar-refractivity contribution in [3.63, 3.8) is 0 Å². The average molecular weight is 136 g/mol. The quantitative estimate of drug-likeness (QED) is 0.402. The van der Waals surface area contributed by atoms with E-state index in [1.165, 1.54) is 0 Å². The van der Waals surface area contributed by atoms with Gasteiger partial charge in [-0.3, -0.25) is 0 Å². The lowest BCUT2D eigenvalue weighted by Gasteiger charge is -2.26. The number of hydrogen-bond acceptors (Lipinski definition) is 0. The minimum Gasteiger partial charge on any atom is -0.327 e. The molecule has 0 aromatic rings. The minimum absolute atomic E-state index is 0.725. The normalized spacial score (nSPS) is 12.0. The first-order valence-corrected chi connectivity index (χ1v) is 3.33. The van der Waals surface area contributed by atoms with Gasteiger partial charge >= 0.3 is 0 Å². The van der Waals surface area contributed by atoms with Gasteiger partial charge in [-0.05, 0) is 0 Å². The predicted molar refractivity (Wildman–Crippen MR) is 37.9 cm³/mol. The molecule has 0 saturated carbocycles. The molecule has 0 N–H and O–H groups in total. The minimum atomic E-state index is 0.725. The van der Waals surface area contributed by atoms with Gasteiger partial charge in [0, 0.05) is 6.92 Å². The average Bonchev–Trinajstić information content (AvgIpc) is 1.67. The van der Waals surface area contributed by atoms with E-state index in [4.69, 9.17) is 11.6 Å². The topological polar surface area (TPSA) is 0 Å². The van der Waals surface area contributed by atoms with Gasteiger partial charge in [0.15, 0.2) is 0 Å². The molecule has 1 radical (unpaired) electrons. The van der Waals surface area contributed by atoms with Gasteiger partial charge in [0.2, 0.25) is 0 Å². The second-order valence-electron chi connectivity index (χ2n) is 2.57. The van der Waals surface area contributed by atoms with E-state index in [1.54, 1.807) is 0 Å². The summed E-state index contributed by atoms with van der Waals surface area (Å²) >= 11 is 5.52. The summed E-state index contributed by atoms with van der Waals surface area (Å²) in [4.78, 5) is 0. The van der Waals surface area contributed by atoms with E-state index in [-0.39, 0.29) is 0 Å². The number of nitrogens with zero attached hydrogens (tertiary/aromatic N) is 1. The lowest BCUT2D eigenvalue weighted by molar-refractivity contribution is -0.882. The smallest absolute Gasteiger partial charge is 0.0920 e. The van der Waals surface area contributed by atoms with Gasteiger partial charge in [-0.15, -0.1) is 11.6 Å². The van der Waals surface area contributed by atoms with E-state index in [1.807, 2.05) is 0 Å². The Balaban J connectivity index is 3.37. The van der Waals surface area contributed by atoms with Crippen LogP contribution in [0.25, 0.3) is 0 Å². The second kappa shape index (κ2) is 3.31. The van der Waals surface area contributed by atoms with Crippen molar-refractivity contribution >= 4 is 11.6 Å². The van der Waals surface area contributed by atoms with E-state index in [9.17, 15) is 0 Å². The lowest BCUT2D eigenvalue weighted by atomic mass is 10.5. The zero-order valence-corrected chi connectivity index (χ0v) is 6.41. The highest BCUT2D eigenvalue weighted by Crippen LogP contribution is 1.94. The van der Waals surface area contributed by atoms with Gasteiger partial charge in [-0.2, -0.15) is 0 Å². The molecule has 8 heavy (non-hydrogen) atoms. The third-order valence-corrected chi connectivity index (χ3v) is 1.46. The first-order valence-electron chi connectivity index (χ1n) is 2.79. The Labute approximate surface area is 56.8 Å². The van der Waals surface area contributed by atoms with Crippen LogP contribution in [-0.4, -0.2) is 37.5 Å². The molecule has 0 atom stereocenters. The largest absolute Gasteiger partial charge is 0.327 e. The third-order valence-electron chi connectivity index (χ3n) is 1.30. The zero-order chi connectivity index (χ0) is 6.62. The van der Waals surface area contributed by atoms with Gasteiger partial charge in [0.25, 0.3) is 0 Å². The molecular formula is C6H14ClN+. The van der Waals surface area contributed by atoms with Crippen LogP contribution in [0.2, 0.25) is 0 Å². The Kier molecular flexibility index (Phi) is 3.41. The number of quaternary nitrogens is 1. The monoisotopic (exact) mass is 135 g/mol. The Hall–Kier alpha value is 0.250. The highest BCUT2D eigenvalue weighted by Gasteiger charge is 2.08. The maximum Gasteiger partial charge on any atom is 0.0920 e. The van der Waals surface area contributed by atoms with Crippen LogP contribution in [-0.2, 0) is 0 Å². The number of rotatable bonds is 3. The van der Waals surface area contributed by atoms with Crippen molar-refractivity contribution in [1.82, 2.24) is 0 Å². The summed E-state index contributed by atoms with van der Waals surface area (Å²) in [5, 5.41) is 0. The molecule has 0 saturated heterocycles. The summed E-state index contributed by atoms with van der Waals surface area (Å²) in [5.41, 5.74) is 0. The van der Waals surface area contributed by atoms with Crippen LogP contribution in [0.5, 0.6) is 0 Å². The number of alkyl halides is 1. The van der Waals surface area contributed by atoms with Crippen LogP contribution < -0.4 is 0 Å². The second-order valence-corrected chi connectivity index (χ2v) is 2.95. The Morgan fingerprint density at radius 2 is 2.00 bits per heavy atom. The molecule has 0 aliphatic rings. The highest BCUT2D eigenvalue weighted by molar-refractivity contribution is 6.17. The molecule has 0 aliphatic heterocycles. The highest BCUT2D eigenvalue weighted by atomic mass is 35.5. The molecule has 0 spiro atoms. The molecule has 0 heterocycles. The van der Waals surface area contributed by atoms with Gasteiger partial charge in [-0.1, -0.05) is 0 Å². The summed E-state index contributed by atoms with van der Waals surface area (Å²) < 4.78 is 0.920. The summed E-state index contributed by atoms with van der Waals surface area (Å²) in [5.74, 6) is 0.725. The SMILES string of the molecule is [CH2]C[N+](C)(C)CCCl. The van der Waals surface area contributed by atoms with Crippen molar-refractivity contribution in [3.05, 3.63) is 6.92 Å². The fourth-order valence-corrected chi connectivity index (χ4v) is 0.798. The number of halogens is 1. The fraction of sp³-hybridized carbons (Fsp3) is 0.833. The van der Waals surface area contributed by atoms with Gasteiger partial charge in [0.05, 0.1) is 33.1 Å². The molecule has 0 amide bonds. The summed E-state index contributed by atoms with van der Waals surface area (Å²) in [6.45, 7) is 5.70. The van der Waals surface area contributed by atoms with Crippen molar-refractivity contribution in [3.8, 4) is 0 Å². The molecule has 0 rings (SSSR count). The first kappa shape index (κ1) is 8.25. The molecular weight excluding hydrogens is 122 g/mol. The van der Waals surface area contributed by atoms with Gasteiger partial charge < -0.3 is 4.48 Å². The van der Waals surface area contributed by atoms with E-state index in [0.717, 1.165) is 23.5 Å². The Morgan fingerprint density at radius 1 is 1.50 bits per heavy atom. The summed E-state index contributed by atoms with van der Waals surface area (Å²) in [6, 6.07) is 0. The van der Waals surface area contributed by atoms with Crippen molar-refractivity contribution in [1.29, 1.82) is 0 Å². The fourth-order valence-electron chi connectivity index (χ4n) is 0.341. The van der Waals surface area contributed by atoms with Crippen molar-refractivity contribution in [2.45, 2.75) is 0 Å². The summed E-state index contributed by atoms with van der Waals surface area (Å²) in [7, 11) is 4.24. The molecule has 2 heteroatoms. The Morgan fingerprint density at radius 3 is 2.12 bits per heavy atom. The van der Waals surface area contributed by atoms with Crippen LogP contribution in [0.4, 0.5) is 0 Å². The van der Waals surface area contributed by atoms with Crippen molar-refractivity contribution in [2.75, 3.05) is 33.1 Å². The predicted octanol–water partition coefficient (Wildman–Crippen LogP) is 1.14. The summed E-state index contributed by atoms with van der Waals surface area (Å²) in [6.07, 6.45) is 0. The molecule has 0 aliphatic carbocycles. The molecule has 0 aromatic carbocycles. The standard InChI is InChI=1S/C6H14ClN/c1-4-8(2,3)6-5-7/h1,4-6H2,2-3H3/q+1. The molecule has 0 aromatic heterocycles. The van der Waals surface area contributed by atoms with Crippen LogP contribution in [0.1, 0.15) is 0 Å². The molecule has 49 valence electrons. The van der Waals surface area contributed by atoms with Crippen LogP contribution in [0, 0.1) is 6.92 Å². The maximum atomic E-state index is 5.52. The van der Waals surface area contributed by atoms with Crippen LogP contribution in [0.15, 0.2) is 0 Å². The molecule has 0 bridgehead atoms. The maximum absolute atomic E-state index is 5.52. The zero-order valence-electron chi connectivity index (χ0n) is 5.65. The van der Waals surface area contributed by atoms with Gasteiger partial charge in [0.1, 0.15) is 0 Å². The van der Waals surface area contributed by atoms with Gasteiger partial charge in [-0.25, -0.2) is 0 Å². The Bertz CT molecular complexity index is 61.5. The molecule has 0 fully saturated rings. The van der Waals surface area contributed by atoms with Crippen LogP contribution in [0.3, 0.4) is 0 Å². The van der Waals surface area contributed by atoms with E-state index in [0.29, 0.717) is 0 Å². The van der Waals surface area contributed by atoms with Crippen molar-refractivity contribution < 1.29 is 4.48 Å². The lowest BCUT2D eigenvalue weighted by Crippen LogP contribution is -2.40. The molecule has 1 nitrogen and oxygen atoms in total. The number of hydrogen-bond donors (Lipinski definition) is 0. The van der Waals surface area contributed by atoms with Crippen LogP contribution >= 0.6 is 11.6 Å². The van der Waals surface area contributed by atoms with E-state index in [2.05, 4.69) is 21.0 Å². The van der Waals surface area contributed by atoms with E-state index < -0.39 is 0 Å². The third kappa shape index (κ3) is 3.28. The molecule has 0 unspecified atom stereocenters. The first-order chi connectivity index (χ1) is 3.62. The van der Waals surface area contributed by atoms with E-state index >= 15 is 0 Å². The van der Waals surface area contributed by atoms with Crippen molar-refractivity contribution in [2.24, 2.45) is 0 Å².